The normalized spacial score (nSPS) is 22.2. The summed E-state index contributed by atoms with van der Waals surface area (Å²) in [5.74, 6) is 2.84. The summed E-state index contributed by atoms with van der Waals surface area (Å²) in [6, 6.07) is 6.09. The lowest BCUT2D eigenvalue weighted by atomic mass is 9.78. The van der Waals surface area contributed by atoms with Crippen molar-refractivity contribution in [2.75, 3.05) is 20.8 Å². The van der Waals surface area contributed by atoms with E-state index in [1.165, 1.54) is 0 Å². The number of nitrogens with zero attached hydrogens (tertiary/aromatic N) is 2. The maximum atomic E-state index is 5.69. The van der Waals surface area contributed by atoms with Crippen molar-refractivity contribution in [1.29, 1.82) is 0 Å². The average Bonchev–Trinajstić information content (AvgIpc) is 3.41. The topological polar surface area (TPSA) is 66.6 Å². The summed E-state index contributed by atoms with van der Waals surface area (Å²) in [4.78, 5) is 4.75. The Morgan fingerprint density at radius 3 is 2.56 bits per heavy atom. The fourth-order valence-corrected chi connectivity index (χ4v) is 4.09. The van der Waals surface area contributed by atoms with Gasteiger partial charge in [-0.15, -0.1) is 0 Å². The lowest BCUT2D eigenvalue weighted by Crippen LogP contribution is -2.25. The van der Waals surface area contributed by atoms with Crippen molar-refractivity contribution in [1.82, 2.24) is 10.1 Å². The number of aromatic nitrogens is 2. The molecule has 1 saturated carbocycles. The second-order valence-electron chi connectivity index (χ2n) is 6.82. The van der Waals surface area contributed by atoms with Gasteiger partial charge in [-0.25, -0.2) is 0 Å². The van der Waals surface area contributed by atoms with Gasteiger partial charge < -0.3 is 18.7 Å². The molecule has 1 aliphatic carbocycles. The summed E-state index contributed by atoms with van der Waals surface area (Å²) in [6.07, 6.45) is 6.26. The molecule has 4 rings (SSSR count). The van der Waals surface area contributed by atoms with Gasteiger partial charge in [-0.3, -0.25) is 0 Å². The fraction of sp³-hybridized carbons (Fsp3) is 0.579. The largest absolute Gasteiger partial charge is 0.493 e. The van der Waals surface area contributed by atoms with Crippen molar-refractivity contribution >= 4 is 0 Å². The molecule has 0 bridgehead atoms. The first kappa shape index (κ1) is 16.4. The molecule has 1 atom stereocenters. The highest BCUT2D eigenvalue weighted by molar-refractivity contribution is 5.47. The number of ether oxygens (including phenoxy) is 3. The molecule has 6 heteroatoms. The van der Waals surface area contributed by atoms with Gasteiger partial charge in [0, 0.05) is 6.61 Å². The molecule has 6 nitrogen and oxygen atoms in total. The number of methoxy groups -OCH3 is 2. The van der Waals surface area contributed by atoms with Gasteiger partial charge in [-0.05, 0) is 43.4 Å². The van der Waals surface area contributed by atoms with Crippen LogP contribution in [0.2, 0.25) is 0 Å². The predicted molar refractivity (Wildman–Crippen MR) is 91.0 cm³/mol. The van der Waals surface area contributed by atoms with E-state index in [4.69, 9.17) is 23.7 Å². The van der Waals surface area contributed by atoms with E-state index in [1.807, 2.05) is 12.1 Å². The minimum atomic E-state index is -0.222. The molecule has 0 unspecified atom stereocenters. The zero-order valence-corrected chi connectivity index (χ0v) is 14.8. The van der Waals surface area contributed by atoms with E-state index in [9.17, 15) is 0 Å². The predicted octanol–water partition coefficient (Wildman–Crippen LogP) is 3.80. The Morgan fingerprint density at radius 1 is 1.08 bits per heavy atom. The average molecular weight is 344 g/mol. The van der Waals surface area contributed by atoms with Crippen LogP contribution in [0.5, 0.6) is 11.5 Å². The Bertz CT molecular complexity index is 731. The second kappa shape index (κ2) is 6.67. The SMILES string of the molecule is COc1ccc(C2(c3noc([C@H]4CCCO4)n3)CCCC2)cc1OC. The van der Waals surface area contributed by atoms with Crippen molar-refractivity contribution in [2.24, 2.45) is 0 Å². The smallest absolute Gasteiger partial charge is 0.255 e. The molecule has 0 amide bonds. The van der Waals surface area contributed by atoms with Crippen LogP contribution in [-0.2, 0) is 10.2 Å². The number of benzene rings is 1. The van der Waals surface area contributed by atoms with Crippen molar-refractivity contribution in [3.05, 3.63) is 35.5 Å². The van der Waals surface area contributed by atoms with Crippen LogP contribution in [0, 0.1) is 0 Å². The van der Waals surface area contributed by atoms with Crippen molar-refractivity contribution in [3.63, 3.8) is 0 Å². The summed E-state index contributed by atoms with van der Waals surface area (Å²) in [5.41, 5.74) is 0.933. The number of rotatable bonds is 5. The van der Waals surface area contributed by atoms with E-state index in [2.05, 4.69) is 11.2 Å². The lowest BCUT2D eigenvalue weighted by Gasteiger charge is -2.26. The van der Waals surface area contributed by atoms with Crippen molar-refractivity contribution in [2.45, 2.75) is 50.0 Å². The monoisotopic (exact) mass is 344 g/mol. The summed E-state index contributed by atoms with van der Waals surface area (Å²) in [6.45, 7) is 0.767. The highest BCUT2D eigenvalue weighted by Gasteiger charge is 2.42. The van der Waals surface area contributed by atoms with Crippen molar-refractivity contribution < 1.29 is 18.7 Å². The minimum absolute atomic E-state index is 0.0508. The van der Waals surface area contributed by atoms with Gasteiger partial charge in [0.25, 0.3) is 5.89 Å². The summed E-state index contributed by atoms with van der Waals surface area (Å²) >= 11 is 0. The first-order chi connectivity index (χ1) is 12.3. The Hall–Kier alpha value is -2.08. The lowest BCUT2D eigenvalue weighted by molar-refractivity contribution is 0.0835. The van der Waals surface area contributed by atoms with Crippen LogP contribution < -0.4 is 9.47 Å². The standard InChI is InChI=1S/C19H24N2O4/c1-22-14-8-7-13(12-16(14)23-2)19(9-3-4-10-19)18-20-17(25-21-18)15-6-5-11-24-15/h7-8,12,15H,3-6,9-11H2,1-2H3/t15-/m1/s1. The van der Waals surface area contributed by atoms with E-state index >= 15 is 0 Å². The zero-order valence-electron chi connectivity index (χ0n) is 14.8. The fourth-order valence-electron chi connectivity index (χ4n) is 4.09. The van der Waals surface area contributed by atoms with Gasteiger partial charge in [0.2, 0.25) is 0 Å². The summed E-state index contributed by atoms with van der Waals surface area (Å²) in [5, 5.41) is 4.35. The van der Waals surface area contributed by atoms with Gasteiger partial charge in [0.15, 0.2) is 17.3 Å². The Labute approximate surface area is 147 Å². The third kappa shape index (κ3) is 2.78. The number of hydrogen-bond acceptors (Lipinski definition) is 6. The maximum absolute atomic E-state index is 5.69. The number of hydrogen-bond donors (Lipinski definition) is 0. The van der Waals surface area contributed by atoms with E-state index in [1.54, 1.807) is 14.2 Å². The Kier molecular flexibility index (Phi) is 4.37. The molecule has 0 radical (unpaired) electrons. The third-order valence-electron chi connectivity index (χ3n) is 5.47. The summed E-state index contributed by atoms with van der Waals surface area (Å²) < 4.78 is 22.1. The molecule has 2 fully saturated rings. The maximum Gasteiger partial charge on any atom is 0.255 e. The van der Waals surface area contributed by atoms with Crippen LogP contribution >= 0.6 is 0 Å². The van der Waals surface area contributed by atoms with Gasteiger partial charge >= 0.3 is 0 Å². The van der Waals surface area contributed by atoms with Crippen LogP contribution in [0.4, 0.5) is 0 Å². The van der Waals surface area contributed by atoms with Crippen LogP contribution in [0.25, 0.3) is 0 Å². The van der Waals surface area contributed by atoms with Gasteiger partial charge in [0.05, 0.1) is 19.6 Å². The molecule has 1 aliphatic heterocycles. The molecular formula is C19H24N2O4. The second-order valence-corrected chi connectivity index (χ2v) is 6.82. The highest BCUT2D eigenvalue weighted by Crippen LogP contribution is 2.47. The highest BCUT2D eigenvalue weighted by atomic mass is 16.5. The first-order valence-corrected chi connectivity index (χ1v) is 8.95. The molecule has 2 aromatic rings. The van der Waals surface area contributed by atoms with E-state index in [0.717, 1.165) is 68.0 Å². The molecule has 0 spiro atoms. The minimum Gasteiger partial charge on any atom is -0.493 e. The molecule has 1 saturated heterocycles. The summed E-state index contributed by atoms with van der Waals surface area (Å²) in [7, 11) is 3.31. The van der Waals surface area contributed by atoms with E-state index in [0.29, 0.717) is 5.89 Å². The van der Waals surface area contributed by atoms with Gasteiger partial charge in [-0.1, -0.05) is 24.1 Å². The molecule has 1 aromatic heterocycles. The Morgan fingerprint density at radius 2 is 1.88 bits per heavy atom. The Balaban J connectivity index is 1.73. The van der Waals surface area contributed by atoms with Crippen molar-refractivity contribution in [3.8, 4) is 11.5 Å². The van der Waals surface area contributed by atoms with Gasteiger partial charge in [0.1, 0.15) is 6.10 Å². The molecule has 134 valence electrons. The van der Waals surface area contributed by atoms with Crippen LogP contribution in [0.15, 0.2) is 22.7 Å². The molecule has 0 N–H and O–H groups in total. The third-order valence-corrected chi connectivity index (χ3v) is 5.47. The van der Waals surface area contributed by atoms with Crippen LogP contribution in [-0.4, -0.2) is 31.0 Å². The van der Waals surface area contributed by atoms with E-state index < -0.39 is 0 Å². The molecular weight excluding hydrogens is 320 g/mol. The molecule has 2 aliphatic rings. The first-order valence-electron chi connectivity index (χ1n) is 8.95. The molecule has 25 heavy (non-hydrogen) atoms. The quantitative estimate of drug-likeness (QED) is 0.822. The zero-order chi connectivity index (χ0) is 17.3. The van der Waals surface area contributed by atoms with Crippen LogP contribution in [0.3, 0.4) is 0 Å². The van der Waals surface area contributed by atoms with Gasteiger partial charge in [-0.2, -0.15) is 4.98 Å². The molecule has 1 aromatic carbocycles. The molecule has 2 heterocycles. The van der Waals surface area contributed by atoms with Crippen LogP contribution in [0.1, 0.15) is 61.9 Å². The van der Waals surface area contributed by atoms with E-state index in [-0.39, 0.29) is 11.5 Å².